The summed E-state index contributed by atoms with van der Waals surface area (Å²) >= 11 is 0. The number of ketones is 2. The summed E-state index contributed by atoms with van der Waals surface area (Å²) in [7, 11) is 0. The fraction of sp³-hybridized carbons (Fsp3) is 0.455. The molecule has 0 saturated carbocycles. The lowest BCUT2D eigenvalue weighted by atomic mass is 9.98. The first-order valence-corrected chi connectivity index (χ1v) is 5.28. The highest BCUT2D eigenvalue weighted by Crippen LogP contribution is 2.43. The van der Waals surface area contributed by atoms with Crippen LogP contribution in [-0.2, 0) is 9.59 Å². The SMILES string of the molecule is O=C1C=CC(=O)C2=C1CC1C3NC3CN21. The Hall–Kier alpha value is -1.42. The third kappa shape index (κ3) is 0.814. The van der Waals surface area contributed by atoms with Crippen molar-refractivity contribution in [2.24, 2.45) is 0 Å². The molecule has 76 valence electrons. The fourth-order valence-corrected chi connectivity index (χ4v) is 3.09. The Kier molecular flexibility index (Phi) is 1.16. The summed E-state index contributed by atoms with van der Waals surface area (Å²) in [4.78, 5) is 25.5. The lowest BCUT2D eigenvalue weighted by Crippen LogP contribution is -2.34. The zero-order valence-corrected chi connectivity index (χ0v) is 8.06. The Labute approximate surface area is 86.6 Å². The molecule has 3 aliphatic heterocycles. The van der Waals surface area contributed by atoms with Crippen LogP contribution < -0.4 is 5.32 Å². The molecular weight excluding hydrogens is 192 g/mol. The van der Waals surface area contributed by atoms with Crippen molar-refractivity contribution in [1.29, 1.82) is 0 Å². The standard InChI is InChI=1S/C11H10N2O2/c14-8-1-2-9(15)11-5(8)3-7-10-6(12-10)4-13(7)11/h1-2,6-7,10,12H,3-4H2. The van der Waals surface area contributed by atoms with Crippen molar-refractivity contribution in [2.75, 3.05) is 6.54 Å². The van der Waals surface area contributed by atoms with Gasteiger partial charge in [0.25, 0.3) is 0 Å². The molecule has 3 heterocycles. The van der Waals surface area contributed by atoms with Crippen molar-refractivity contribution in [2.45, 2.75) is 24.5 Å². The average Bonchev–Trinajstić information content (AvgIpc) is 2.72. The van der Waals surface area contributed by atoms with Crippen LogP contribution in [0.5, 0.6) is 0 Å². The third-order valence-electron chi connectivity index (χ3n) is 3.84. The van der Waals surface area contributed by atoms with Crippen molar-refractivity contribution in [3.63, 3.8) is 0 Å². The van der Waals surface area contributed by atoms with E-state index in [1.165, 1.54) is 12.2 Å². The lowest BCUT2D eigenvalue weighted by molar-refractivity contribution is -0.115. The minimum Gasteiger partial charge on any atom is -0.361 e. The van der Waals surface area contributed by atoms with Crippen LogP contribution in [0.25, 0.3) is 0 Å². The molecule has 3 atom stereocenters. The normalized spacial score (nSPS) is 40.8. The number of hydrogen-bond donors (Lipinski definition) is 1. The Morgan fingerprint density at radius 3 is 2.93 bits per heavy atom. The van der Waals surface area contributed by atoms with E-state index in [-0.39, 0.29) is 11.6 Å². The topological polar surface area (TPSA) is 59.3 Å². The predicted octanol–water partition coefficient (Wildman–Crippen LogP) is -0.623. The van der Waals surface area contributed by atoms with Crippen LogP contribution in [0.2, 0.25) is 0 Å². The number of allylic oxidation sites excluding steroid dienone is 2. The molecule has 0 aromatic heterocycles. The van der Waals surface area contributed by atoms with Crippen LogP contribution >= 0.6 is 0 Å². The van der Waals surface area contributed by atoms with Crippen LogP contribution in [0.4, 0.5) is 0 Å². The largest absolute Gasteiger partial charge is 0.361 e. The number of nitrogens with one attached hydrogen (secondary N) is 1. The molecular formula is C11H10N2O2. The maximum absolute atomic E-state index is 11.7. The molecule has 3 unspecified atom stereocenters. The van der Waals surface area contributed by atoms with E-state index in [0.717, 1.165) is 18.5 Å². The number of carbonyl (C=O) groups excluding carboxylic acids is 2. The Morgan fingerprint density at radius 1 is 1.27 bits per heavy atom. The second-order valence-electron chi connectivity index (χ2n) is 4.61. The number of fused-ring (bicyclic) bond motifs is 4. The van der Waals surface area contributed by atoms with Gasteiger partial charge in [0.2, 0.25) is 5.78 Å². The Bertz CT molecular complexity index is 463. The van der Waals surface area contributed by atoms with Crippen LogP contribution in [-0.4, -0.2) is 41.1 Å². The van der Waals surface area contributed by atoms with Gasteiger partial charge in [0.05, 0.1) is 11.7 Å². The van der Waals surface area contributed by atoms with Crippen molar-refractivity contribution in [1.82, 2.24) is 10.2 Å². The van der Waals surface area contributed by atoms with Gasteiger partial charge >= 0.3 is 0 Å². The maximum atomic E-state index is 11.7. The molecule has 0 amide bonds. The second kappa shape index (κ2) is 2.22. The first kappa shape index (κ1) is 7.82. The van der Waals surface area contributed by atoms with Crippen LogP contribution in [0.15, 0.2) is 23.4 Å². The first-order valence-electron chi connectivity index (χ1n) is 5.28. The Balaban J connectivity index is 1.81. The van der Waals surface area contributed by atoms with Crippen molar-refractivity contribution >= 4 is 11.6 Å². The van der Waals surface area contributed by atoms with Gasteiger partial charge in [-0.15, -0.1) is 0 Å². The van der Waals surface area contributed by atoms with Crippen LogP contribution in [0.1, 0.15) is 6.42 Å². The molecule has 0 aromatic carbocycles. The molecule has 0 aromatic rings. The molecule has 4 rings (SSSR count). The Morgan fingerprint density at radius 2 is 2.07 bits per heavy atom. The molecule has 4 heteroatoms. The minimum atomic E-state index is 0.00778. The number of rotatable bonds is 0. The van der Waals surface area contributed by atoms with E-state index in [4.69, 9.17) is 0 Å². The quantitative estimate of drug-likeness (QED) is 0.420. The van der Waals surface area contributed by atoms with Gasteiger partial charge in [-0.2, -0.15) is 0 Å². The van der Waals surface area contributed by atoms with Gasteiger partial charge in [0, 0.05) is 30.6 Å². The fourth-order valence-electron chi connectivity index (χ4n) is 3.09. The van der Waals surface area contributed by atoms with E-state index < -0.39 is 0 Å². The zero-order valence-electron chi connectivity index (χ0n) is 8.06. The number of carbonyl (C=O) groups is 2. The van der Waals surface area contributed by atoms with E-state index in [2.05, 4.69) is 10.2 Å². The molecule has 4 aliphatic rings. The van der Waals surface area contributed by atoms with Gasteiger partial charge in [0.15, 0.2) is 5.78 Å². The summed E-state index contributed by atoms with van der Waals surface area (Å²) in [5.74, 6) is 0.0320. The van der Waals surface area contributed by atoms with E-state index in [9.17, 15) is 9.59 Å². The molecule has 15 heavy (non-hydrogen) atoms. The van der Waals surface area contributed by atoms with Crippen molar-refractivity contribution in [3.8, 4) is 0 Å². The number of nitrogens with zero attached hydrogens (tertiary/aromatic N) is 1. The molecule has 0 spiro atoms. The van der Waals surface area contributed by atoms with Gasteiger partial charge in [-0.05, 0) is 12.2 Å². The second-order valence-corrected chi connectivity index (χ2v) is 4.61. The van der Waals surface area contributed by atoms with Crippen molar-refractivity contribution < 1.29 is 9.59 Å². The smallest absolute Gasteiger partial charge is 0.202 e. The lowest BCUT2D eigenvalue weighted by Gasteiger charge is -2.23. The third-order valence-corrected chi connectivity index (χ3v) is 3.84. The minimum absolute atomic E-state index is 0.00778. The number of hydrogen-bond acceptors (Lipinski definition) is 4. The molecule has 4 nitrogen and oxygen atoms in total. The van der Waals surface area contributed by atoms with E-state index in [0.29, 0.717) is 23.8 Å². The monoisotopic (exact) mass is 202 g/mol. The van der Waals surface area contributed by atoms with Gasteiger partial charge in [-0.25, -0.2) is 0 Å². The van der Waals surface area contributed by atoms with E-state index >= 15 is 0 Å². The average molecular weight is 202 g/mol. The van der Waals surface area contributed by atoms with Gasteiger partial charge in [0.1, 0.15) is 0 Å². The summed E-state index contributed by atoms with van der Waals surface area (Å²) in [5, 5.41) is 3.37. The van der Waals surface area contributed by atoms with Crippen LogP contribution in [0.3, 0.4) is 0 Å². The zero-order chi connectivity index (χ0) is 10.2. The maximum Gasteiger partial charge on any atom is 0.202 e. The summed E-state index contributed by atoms with van der Waals surface area (Å²) < 4.78 is 0. The predicted molar refractivity (Wildman–Crippen MR) is 52.0 cm³/mol. The highest BCUT2D eigenvalue weighted by molar-refractivity contribution is 6.20. The number of piperazine rings is 1. The highest BCUT2D eigenvalue weighted by atomic mass is 16.1. The molecule has 0 radical (unpaired) electrons. The van der Waals surface area contributed by atoms with Gasteiger partial charge in [-0.3, -0.25) is 9.59 Å². The first-order chi connectivity index (χ1) is 7.25. The van der Waals surface area contributed by atoms with Crippen LogP contribution in [0, 0.1) is 0 Å². The molecule has 2 fully saturated rings. The summed E-state index contributed by atoms with van der Waals surface area (Å²) in [6.07, 6.45) is 3.56. The molecule has 0 bridgehead atoms. The van der Waals surface area contributed by atoms with Gasteiger partial charge in [-0.1, -0.05) is 0 Å². The van der Waals surface area contributed by atoms with Crippen molar-refractivity contribution in [3.05, 3.63) is 23.4 Å². The molecule has 2 saturated heterocycles. The molecule has 1 N–H and O–H groups in total. The van der Waals surface area contributed by atoms with E-state index in [1.54, 1.807) is 0 Å². The summed E-state index contributed by atoms with van der Waals surface area (Å²) in [6.45, 7) is 0.890. The summed E-state index contributed by atoms with van der Waals surface area (Å²) in [5.41, 5.74) is 1.42. The highest BCUT2D eigenvalue weighted by Gasteiger charge is 2.57. The van der Waals surface area contributed by atoms with Gasteiger partial charge < -0.3 is 10.2 Å². The van der Waals surface area contributed by atoms with E-state index in [1.807, 2.05) is 0 Å². The summed E-state index contributed by atoms with van der Waals surface area (Å²) in [6, 6.07) is 1.42. The molecule has 1 aliphatic carbocycles.